The van der Waals surface area contributed by atoms with Gasteiger partial charge in [-0.2, -0.15) is 0 Å². The third-order valence-corrected chi connectivity index (χ3v) is 4.83. The topological polar surface area (TPSA) is 49.9 Å². The summed E-state index contributed by atoms with van der Waals surface area (Å²) in [5, 5.41) is 0. The number of likely N-dealkylation sites (N-methyl/N-ethyl adjacent to an activating group) is 1. The molecule has 7 heteroatoms. The first kappa shape index (κ1) is 16.3. The van der Waals surface area contributed by atoms with E-state index in [9.17, 15) is 9.59 Å². The number of hydrogen-bond donors (Lipinski definition) is 0. The van der Waals surface area contributed by atoms with Gasteiger partial charge >= 0.3 is 5.97 Å². The average Bonchev–Trinajstić information content (AvgIpc) is 3.07. The molecule has 1 aromatic heterocycles. The van der Waals surface area contributed by atoms with Crippen LogP contribution in [-0.2, 0) is 20.9 Å². The van der Waals surface area contributed by atoms with Crippen molar-refractivity contribution >= 4 is 34.8 Å². The lowest BCUT2D eigenvalue weighted by molar-refractivity contribution is -0.145. The van der Waals surface area contributed by atoms with E-state index >= 15 is 0 Å². The maximum atomic E-state index is 12.2. The van der Waals surface area contributed by atoms with Crippen LogP contribution in [0.15, 0.2) is 12.1 Å². The predicted octanol–water partition coefficient (Wildman–Crippen LogP) is 1.85. The number of halogens is 1. The van der Waals surface area contributed by atoms with Crippen molar-refractivity contribution in [3.8, 4) is 0 Å². The summed E-state index contributed by atoms with van der Waals surface area (Å²) in [5.41, 5.74) is 0. The van der Waals surface area contributed by atoms with Crippen molar-refractivity contribution in [1.29, 1.82) is 0 Å². The zero-order chi connectivity index (χ0) is 15.4. The van der Waals surface area contributed by atoms with E-state index in [1.807, 2.05) is 17.0 Å². The summed E-state index contributed by atoms with van der Waals surface area (Å²) in [4.78, 5) is 28.4. The lowest BCUT2D eigenvalue weighted by Crippen LogP contribution is -2.37. The molecule has 1 aliphatic rings. The van der Waals surface area contributed by atoms with Gasteiger partial charge in [-0.05, 0) is 25.1 Å². The van der Waals surface area contributed by atoms with E-state index in [0.717, 1.165) is 22.2 Å². The molecule has 0 radical (unpaired) electrons. The summed E-state index contributed by atoms with van der Waals surface area (Å²) in [5.74, 6) is -0.249. The van der Waals surface area contributed by atoms with Gasteiger partial charge in [0.1, 0.15) is 0 Å². The maximum Gasteiger partial charge on any atom is 0.310 e. The molecule has 0 aliphatic carbocycles. The Morgan fingerprint density at radius 1 is 1.52 bits per heavy atom. The minimum Gasteiger partial charge on any atom is -0.469 e. The second-order valence-corrected chi connectivity index (χ2v) is 7.00. The number of ether oxygens (including phenoxy) is 1. The molecule has 0 N–H and O–H groups in total. The molecule has 0 spiro atoms. The van der Waals surface area contributed by atoms with Gasteiger partial charge in [-0.1, -0.05) is 11.6 Å². The van der Waals surface area contributed by atoms with E-state index in [0.29, 0.717) is 19.6 Å². The molecule has 1 amide bonds. The Labute approximate surface area is 133 Å². The molecule has 5 nitrogen and oxygen atoms in total. The highest BCUT2D eigenvalue weighted by atomic mass is 35.5. The highest BCUT2D eigenvalue weighted by Gasteiger charge is 2.30. The van der Waals surface area contributed by atoms with Crippen LogP contribution in [-0.4, -0.2) is 55.5 Å². The van der Waals surface area contributed by atoms with Gasteiger partial charge in [-0.25, -0.2) is 0 Å². The van der Waals surface area contributed by atoms with Gasteiger partial charge in [0.05, 0.1) is 30.5 Å². The average molecular weight is 331 g/mol. The number of thiophene rings is 1. The van der Waals surface area contributed by atoms with Crippen molar-refractivity contribution < 1.29 is 14.3 Å². The number of methoxy groups -OCH3 is 1. The normalized spacial score (nSPS) is 18.7. The Kier molecular flexibility index (Phi) is 5.61. The SMILES string of the molecule is COC(=O)C1CCN(CC(=O)N(C)Cc2ccc(Cl)s2)C1. The van der Waals surface area contributed by atoms with Crippen LogP contribution in [0.2, 0.25) is 4.34 Å². The van der Waals surface area contributed by atoms with E-state index in [1.54, 1.807) is 11.9 Å². The minimum atomic E-state index is -0.188. The number of carbonyl (C=O) groups excluding carboxylic acids is 2. The molecule has 1 saturated heterocycles. The first-order chi connectivity index (χ1) is 9.99. The zero-order valence-corrected chi connectivity index (χ0v) is 13.7. The van der Waals surface area contributed by atoms with Crippen LogP contribution in [0, 0.1) is 5.92 Å². The third kappa shape index (κ3) is 4.43. The summed E-state index contributed by atoms with van der Waals surface area (Å²) in [6.45, 7) is 2.24. The van der Waals surface area contributed by atoms with Crippen molar-refractivity contribution in [3.63, 3.8) is 0 Å². The van der Waals surface area contributed by atoms with Crippen molar-refractivity contribution in [2.24, 2.45) is 5.92 Å². The fraction of sp³-hybridized carbons (Fsp3) is 0.571. The largest absolute Gasteiger partial charge is 0.469 e. The van der Waals surface area contributed by atoms with Crippen LogP contribution in [0.4, 0.5) is 0 Å². The minimum absolute atomic E-state index is 0.0463. The van der Waals surface area contributed by atoms with Gasteiger partial charge in [-0.15, -0.1) is 11.3 Å². The molecule has 1 unspecified atom stereocenters. The van der Waals surface area contributed by atoms with Crippen LogP contribution < -0.4 is 0 Å². The molecule has 2 rings (SSSR count). The van der Waals surface area contributed by atoms with Crippen LogP contribution in [0.3, 0.4) is 0 Å². The second-order valence-electron chi connectivity index (χ2n) is 5.20. The molecular weight excluding hydrogens is 312 g/mol. The third-order valence-electron chi connectivity index (χ3n) is 3.61. The monoisotopic (exact) mass is 330 g/mol. The second kappa shape index (κ2) is 7.24. The van der Waals surface area contributed by atoms with E-state index in [-0.39, 0.29) is 17.8 Å². The van der Waals surface area contributed by atoms with Crippen LogP contribution in [0.5, 0.6) is 0 Å². The fourth-order valence-electron chi connectivity index (χ4n) is 2.41. The number of amides is 1. The number of rotatable bonds is 5. The van der Waals surface area contributed by atoms with Gasteiger partial charge in [-0.3, -0.25) is 14.5 Å². The molecule has 21 heavy (non-hydrogen) atoms. The highest BCUT2D eigenvalue weighted by molar-refractivity contribution is 7.16. The van der Waals surface area contributed by atoms with Gasteiger partial charge in [0, 0.05) is 18.5 Å². The number of hydrogen-bond acceptors (Lipinski definition) is 5. The summed E-state index contributed by atoms with van der Waals surface area (Å²) in [7, 11) is 3.18. The van der Waals surface area contributed by atoms with Gasteiger partial charge in [0.25, 0.3) is 0 Å². The Morgan fingerprint density at radius 2 is 2.29 bits per heavy atom. The number of esters is 1. The Balaban J connectivity index is 1.80. The molecule has 1 atom stereocenters. The van der Waals surface area contributed by atoms with Crippen molar-refractivity contribution in [1.82, 2.24) is 9.80 Å². The standard InChI is InChI=1S/C14H19ClN2O3S/c1-16(8-11-3-4-12(15)21-11)13(18)9-17-6-5-10(7-17)14(19)20-2/h3-4,10H,5-9H2,1-2H3. The molecule has 0 aromatic carbocycles. The van der Waals surface area contributed by atoms with E-state index < -0.39 is 0 Å². The van der Waals surface area contributed by atoms with Crippen molar-refractivity contribution in [2.45, 2.75) is 13.0 Å². The van der Waals surface area contributed by atoms with E-state index in [1.165, 1.54) is 18.4 Å². The zero-order valence-electron chi connectivity index (χ0n) is 12.2. The molecule has 2 heterocycles. The highest BCUT2D eigenvalue weighted by Crippen LogP contribution is 2.22. The first-order valence-electron chi connectivity index (χ1n) is 6.78. The summed E-state index contributed by atoms with van der Waals surface area (Å²) < 4.78 is 5.47. The van der Waals surface area contributed by atoms with Crippen LogP contribution in [0.25, 0.3) is 0 Å². The summed E-state index contributed by atoms with van der Waals surface area (Å²) in [6.07, 6.45) is 0.754. The molecule has 1 aliphatic heterocycles. The quantitative estimate of drug-likeness (QED) is 0.773. The molecule has 1 aromatic rings. The summed E-state index contributed by atoms with van der Waals surface area (Å²) in [6, 6.07) is 3.77. The number of carbonyl (C=O) groups is 2. The maximum absolute atomic E-state index is 12.2. The molecular formula is C14H19ClN2O3S. The number of nitrogens with zero attached hydrogens (tertiary/aromatic N) is 2. The van der Waals surface area contributed by atoms with Crippen molar-refractivity contribution in [2.75, 3.05) is 33.8 Å². The Bertz CT molecular complexity index is 520. The van der Waals surface area contributed by atoms with Gasteiger partial charge in [0.15, 0.2) is 0 Å². The summed E-state index contributed by atoms with van der Waals surface area (Å²) >= 11 is 7.36. The van der Waals surface area contributed by atoms with Gasteiger partial charge in [0.2, 0.25) is 5.91 Å². The Morgan fingerprint density at radius 3 is 2.90 bits per heavy atom. The first-order valence-corrected chi connectivity index (χ1v) is 7.97. The smallest absolute Gasteiger partial charge is 0.310 e. The molecule has 0 saturated carbocycles. The van der Waals surface area contributed by atoms with Gasteiger partial charge < -0.3 is 9.64 Å². The Hall–Kier alpha value is -1.11. The van der Waals surface area contributed by atoms with Crippen LogP contribution >= 0.6 is 22.9 Å². The predicted molar refractivity (Wildman–Crippen MR) is 82.4 cm³/mol. The van der Waals surface area contributed by atoms with Crippen LogP contribution in [0.1, 0.15) is 11.3 Å². The van der Waals surface area contributed by atoms with Crippen molar-refractivity contribution in [3.05, 3.63) is 21.3 Å². The van der Waals surface area contributed by atoms with E-state index in [2.05, 4.69) is 0 Å². The fourth-order valence-corrected chi connectivity index (χ4v) is 3.55. The van der Waals surface area contributed by atoms with E-state index in [4.69, 9.17) is 16.3 Å². The lowest BCUT2D eigenvalue weighted by atomic mass is 10.1. The lowest BCUT2D eigenvalue weighted by Gasteiger charge is -2.21. The number of likely N-dealkylation sites (tertiary alicyclic amines) is 1. The molecule has 0 bridgehead atoms. The molecule has 1 fully saturated rings. The molecule has 116 valence electrons.